The Morgan fingerprint density at radius 2 is 2.25 bits per heavy atom. The summed E-state index contributed by atoms with van der Waals surface area (Å²) < 4.78 is 0. The maximum absolute atomic E-state index is 11.2. The zero-order valence-electron chi connectivity index (χ0n) is 10.6. The van der Waals surface area contributed by atoms with Crippen molar-refractivity contribution in [2.24, 2.45) is 5.84 Å². The zero-order chi connectivity index (χ0) is 12.1. The van der Waals surface area contributed by atoms with Gasteiger partial charge in [-0.2, -0.15) is 0 Å². The molecular formula is C11H24N4O. The van der Waals surface area contributed by atoms with Gasteiger partial charge in [0.05, 0.1) is 0 Å². The highest BCUT2D eigenvalue weighted by Crippen LogP contribution is 2.13. The number of piperazine rings is 1. The fourth-order valence-corrected chi connectivity index (χ4v) is 2.35. The van der Waals surface area contributed by atoms with E-state index in [4.69, 9.17) is 5.84 Å². The maximum atomic E-state index is 11.2. The first kappa shape index (κ1) is 13.4. The number of carbonyl (C=O) groups excluding carboxylic acids is 1. The number of rotatable bonds is 4. The van der Waals surface area contributed by atoms with Crippen LogP contribution in [0.4, 0.5) is 0 Å². The van der Waals surface area contributed by atoms with E-state index >= 15 is 0 Å². The van der Waals surface area contributed by atoms with Gasteiger partial charge in [-0.15, -0.1) is 0 Å². The molecule has 2 atom stereocenters. The van der Waals surface area contributed by atoms with Crippen molar-refractivity contribution in [1.82, 2.24) is 15.2 Å². The molecule has 0 aromatic rings. The van der Waals surface area contributed by atoms with E-state index in [1.54, 1.807) is 0 Å². The zero-order valence-corrected chi connectivity index (χ0v) is 10.6. The number of nitrogens with zero attached hydrogens (tertiary/aromatic N) is 2. The van der Waals surface area contributed by atoms with Crippen LogP contribution in [0.3, 0.4) is 0 Å². The first-order chi connectivity index (χ1) is 7.58. The second kappa shape index (κ2) is 6.18. The Bertz CT molecular complexity index is 234. The summed E-state index contributed by atoms with van der Waals surface area (Å²) in [4.78, 5) is 16.0. The number of carbonyl (C=O) groups is 1. The highest BCUT2D eigenvalue weighted by molar-refractivity contribution is 5.75. The van der Waals surface area contributed by atoms with Crippen molar-refractivity contribution in [3.63, 3.8) is 0 Å². The molecule has 0 bridgehead atoms. The predicted molar refractivity (Wildman–Crippen MR) is 64.7 cm³/mol. The van der Waals surface area contributed by atoms with Crippen LogP contribution in [-0.2, 0) is 4.79 Å². The Morgan fingerprint density at radius 1 is 1.56 bits per heavy atom. The van der Waals surface area contributed by atoms with Gasteiger partial charge in [0.1, 0.15) is 0 Å². The summed E-state index contributed by atoms with van der Waals surface area (Å²) in [6, 6.07) is 0.840. The minimum absolute atomic E-state index is 0.0851. The molecule has 1 heterocycles. The van der Waals surface area contributed by atoms with E-state index < -0.39 is 0 Å². The Kier molecular flexibility index (Phi) is 5.18. The normalized spacial score (nSPS) is 25.4. The molecule has 1 fully saturated rings. The smallest absolute Gasteiger partial charge is 0.235 e. The minimum atomic E-state index is -0.0851. The molecule has 5 nitrogen and oxygen atoms in total. The first-order valence-electron chi connectivity index (χ1n) is 6.06. The largest absolute Gasteiger partial charge is 0.298 e. The summed E-state index contributed by atoms with van der Waals surface area (Å²) in [5.41, 5.74) is 2.19. The number of hydrazine groups is 1. The maximum Gasteiger partial charge on any atom is 0.235 e. The van der Waals surface area contributed by atoms with Gasteiger partial charge in [-0.1, -0.05) is 6.92 Å². The molecule has 2 unspecified atom stereocenters. The lowest BCUT2D eigenvalue weighted by atomic mass is 10.1. The van der Waals surface area contributed by atoms with E-state index in [2.05, 4.69) is 36.0 Å². The highest BCUT2D eigenvalue weighted by Gasteiger charge is 2.26. The van der Waals surface area contributed by atoms with Gasteiger partial charge in [0.25, 0.3) is 0 Å². The van der Waals surface area contributed by atoms with Crippen molar-refractivity contribution in [3.8, 4) is 0 Å². The van der Waals surface area contributed by atoms with E-state index in [0.717, 1.165) is 26.2 Å². The van der Waals surface area contributed by atoms with Crippen LogP contribution in [0, 0.1) is 0 Å². The topological polar surface area (TPSA) is 61.6 Å². The van der Waals surface area contributed by atoms with Gasteiger partial charge < -0.3 is 0 Å². The quantitative estimate of drug-likeness (QED) is 0.397. The third-order valence-corrected chi connectivity index (χ3v) is 3.47. The second-order valence-electron chi connectivity index (χ2n) is 4.59. The number of amides is 1. The third kappa shape index (κ3) is 3.43. The van der Waals surface area contributed by atoms with Crippen LogP contribution >= 0.6 is 0 Å². The van der Waals surface area contributed by atoms with Crippen molar-refractivity contribution in [2.75, 3.05) is 26.2 Å². The van der Waals surface area contributed by atoms with Crippen LogP contribution in [0.1, 0.15) is 27.2 Å². The van der Waals surface area contributed by atoms with Crippen LogP contribution in [0.5, 0.6) is 0 Å². The van der Waals surface area contributed by atoms with Crippen molar-refractivity contribution >= 4 is 5.91 Å². The van der Waals surface area contributed by atoms with Gasteiger partial charge in [0, 0.05) is 38.1 Å². The highest BCUT2D eigenvalue weighted by atomic mass is 16.2. The fraction of sp³-hybridized carbons (Fsp3) is 0.909. The molecule has 0 saturated carbocycles. The van der Waals surface area contributed by atoms with Crippen LogP contribution in [-0.4, -0.2) is 54.0 Å². The summed E-state index contributed by atoms with van der Waals surface area (Å²) in [5.74, 6) is 5.01. The van der Waals surface area contributed by atoms with Crippen molar-refractivity contribution in [1.29, 1.82) is 0 Å². The summed E-state index contributed by atoms with van der Waals surface area (Å²) in [6.45, 7) is 10.8. The van der Waals surface area contributed by atoms with Gasteiger partial charge >= 0.3 is 0 Å². The monoisotopic (exact) mass is 228 g/mol. The number of hydrogen-bond donors (Lipinski definition) is 2. The van der Waals surface area contributed by atoms with Gasteiger partial charge in [-0.3, -0.25) is 20.0 Å². The molecule has 1 aliphatic heterocycles. The molecule has 1 aliphatic rings. The molecule has 0 radical (unpaired) electrons. The second-order valence-corrected chi connectivity index (χ2v) is 4.59. The molecule has 1 rings (SSSR count). The summed E-state index contributed by atoms with van der Waals surface area (Å²) in [7, 11) is 0. The van der Waals surface area contributed by atoms with Crippen LogP contribution in [0.25, 0.3) is 0 Å². The van der Waals surface area contributed by atoms with Gasteiger partial charge in [0.15, 0.2) is 0 Å². The molecule has 0 aliphatic carbocycles. The third-order valence-electron chi connectivity index (χ3n) is 3.47. The Morgan fingerprint density at radius 3 is 2.75 bits per heavy atom. The number of likely N-dealkylation sites (N-methyl/N-ethyl adjacent to an activating group) is 1. The first-order valence-corrected chi connectivity index (χ1v) is 6.06. The van der Waals surface area contributed by atoms with E-state index in [0.29, 0.717) is 12.5 Å². The molecule has 3 N–H and O–H groups in total. The van der Waals surface area contributed by atoms with Crippen LogP contribution in [0.2, 0.25) is 0 Å². The van der Waals surface area contributed by atoms with Crippen molar-refractivity contribution in [3.05, 3.63) is 0 Å². The average molecular weight is 228 g/mol. The van der Waals surface area contributed by atoms with Gasteiger partial charge in [-0.05, 0) is 20.4 Å². The standard InChI is InChI=1S/C11H24N4O/c1-4-14-5-6-15(8-10(14)3)9(2)7-11(16)13-12/h9-10H,4-8,12H2,1-3H3,(H,13,16). The lowest BCUT2D eigenvalue weighted by molar-refractivity contribution is -0.122. The van der Waals surface area contributed by atoms with Crippen LogP contribution in [0.15, 0.2) is 0 Å². The van der Waals surface area contributed by atoms with E-state index in [1.165, 1.54) is 0 Å². The van der Waals surface area contributed by atoms with E-state index in [-0.39, 0.29) is 11.9 Å². The van der Waals surface area contributed by atoms with E-state index in [1.807, 2.05) is 0 Å². The molecule has 1 saturated heterocycles. The molecule has 94 valence electrons. The molecule has 0 spiro atoms. The molecule has 16 heavy (non-hydrogen) atoms. The fourth-order valence-electron chi connectivity index (χ4n) is 2.35. The lowest BCUT2D eigenvalue weighted by Crippen LogP contribution is -2.54. The average Bonchev–Trinajstić information content (AvgIpc) is 2.28. The van der Waals surface area contributed by atoms with E-state index in [9.17, 15) is 4.79 Å². The Balaban J connectivity index is 2.41. The Hall–Kier alpha value is -0.650. The molecule has 1 amide bonds. The van der Waals surface area contributed by atoms with Crippen LogP contribution < -0.4 is 11.3 Å². The molecule has 0 aromatic heterocycles. The van der Waals surface area contributed by atoms with Crippen molar-refractivity contribution in [2.45, 2.75) is 39.3 Å². The lowest BCUT2D eigenvalue weighted by Gasteiger charge is -2.41. The predicted octanol–water partition coefficient (Wildman–Crippen LogP) is -0.219. The summed E-state index contributed by atoms with van der Waals surface area (Å²) in [6.07, 6.45) is 0.481. The summed E-state index contributed by atoms with van der Waals surface area (Å²) >= 11 is 0. The Labute approximate surface area is 97.9 Å². The molecular weight excluding hydrogens is 204 g/mol. The molecule has 0 aromatic carbocycles. The SMILES string of the molecule is CCN1CCN(C(C)CC(=O)NN)CC1C. The minimum Gasteiger partial charge on any atom is -0.298 e. The number of hydrogen-bond acceptors (Lipinski definition) is 4. The molecule has 5 heteroatoms. The van der Waals surface area contributed by atoms with Crippen molar-refractivity contribution < 1.29 is 4.79 Å². The van der Waals surface area contributed by atoms with Gasteiger partial charge in [0.2, 0.25) is 5.91 Å². The number of nitrogens with one attached hydrogen (secondary N) is 1. The number of nitrogens with two attached hydrogens (primary N) is 1. The van der Waals surface area contributed by atoms with Gasteiger partial charge in [-0.25, -0.2) is 5.84 Å². The summed E-state index contributed by atoms with van der Waals surface area (Å²) in [5, 5.41) is 0.